The van der Waals surface area contributed by atoms with Crippen LogP contribution in [-0.2, 0) is 9.59 Å². The van der Waals surface area contributed by atoms with Crippen molar-refractivity contribution >= 4 is 23.2 Å². The average Bonchev–Trinajstić information content (AvgIpc) is 2.56. The highest BCUT2D eigenvalue weighted by atomic mass is 19.2. The molecule has 2 rings (SSSR count). The molecule has 0 aliphatic carbocycles. The molecule has 0 atom stereocenters. The summed E-state index contributed by atoms with van der Waals surface area (Å²) in [5.74, 6) is -3.55. The first-order valence-electron chi connectivity index (χ1n) is 4.61. The molecule has 1 heterocycles. The maximum Gasteiger partial charge on any atom is 0.234 e. The molecule has 2 N–H and O–H groups in total. The van der Waals surface area contributed by atoms with E-state index in [2.05, 4.69) is 0 Å². The molecule has 6 heteroatoms. The molecule has 1 aromatic carbocycles. The van der Waals surface area contributed by atoms with E-state index >= 15 is 0 Å². The minimum atomic E-state index is -1.27. The molecule has 2 amide bonds. The zero-order chi connectivity index (χ0) is 11.9. The fraction of sp³-hybridized carbons (Fsp3) is 0.200. The molecule has 16 heavy (non-hydrogen) atoms. The van der Waals surface area contributed by atoms with Crippen LogP contribution in [0.3, 0.4) is 0 Å². The lowest BCUT2D eigenvalue weighted by molar-refractivity contribution is -0.121. The number of hydrogen-bond acceptors (Lipinski definition) is 3. The molecule has 0 unspecified atom stereocenters. The second-order valence-corrected chi connectivity index (χ2v) is 3.42. The Labute approximate surface area is 89.6 Å². The Hall–Kier alpha value is -1.98. The highest BCUT2D eigenvalue weighted by Crippen LogP contribution is 2.32. The number of nitrogen functional groups attached to an aromatic ring is 1. The van der Waals surface area contributed by atoms with E-state index in [-0.39, 0.29) is 18.5 Å². The van der Waals surface area contributed by atoms with Gasteiger partial charge in [0.1, 0.15) is 5.69 Å². The van der Waals surface area contributed by atoms with Crippen molar-refractivity contribution in [2.24, 2.45) is 0 Å². The average molecular weight is 226 g/mol. The first-order chi connectivity index (χ1) is 7.52. The standard InChI is InChI=1S/C10H8F2N2O2/c11-5-1-2-6(13)10(9(5)12)14-7(15)3-4-8(14)16/h1-2H,3-4,13H2. The molecule has 1 saturated heterocycles. The third kappa shape index (κ3) is 1.42. The number of carbonyl (C=O) groups excluding carboxylic acids is 2. The van der Waals surface area contributed by atoms with Gasteiger partial charge in [0.05, 0.1) is 5.69 Å². The van der Waals surface area contributed by atoms with Crippen LogP contribution < -0.4 is 10.6 Å². The summed E-state index contributed by atoms with van der Waals surface area (Å²) in [6, 6.07) is 1.96. The normalized spacial score (nSPS) is 16.0. The van der Waals surface area contributed by atoms with E-state index in [1.54, 1.807) is 0 Å². The van der Waals surface area contributed by atoms with Gasteiger partial charge in [0.2, 0.25) is 11.8 Å². The topological polar surface area (TPSA) is 63.4 Å². The summed E-state index contributed by atoms with van der Waals surface area (Å²) in [4.78, 5) is 23.3. The van der Waals surface area contributed by atoms with Gasteiger partial charge in [-0.25, -0.2) is 13.7 Å². The Balaban J connectivity index is 2.59. The SMILES string of the molecule is Nc1ccc(F)c(F)c1N1C(=O)CCC1=O. The molecule has 0 bridgehead atoms. The van der Waals surface area contributed by atoms with Gasteiger partial charge in [0.25, 0.3) is 0 Å². The second-order valence-electron chi connectivity index (χ2n) is 3.42. The van der Waals surface area contributed by atoms with E-state index in [1.165, 1.54) is 0 Å². The third-order valence-corrected chi connectivity index (χ3v) is 2.38. The predicted molar refractivity (Wildman–Crippen MR) is 52.5 cm³/mol. The maximum absolute atomic E-state index is 13.5. The Morgan fingerprint density at radius 2 is 1.69 bits per heavy atom. The van der Waals surface area contributed by atoms with Crippen molar-refractivity contribution in [2.75, 3.05) is 10.6 Å². The molecule has 0 saturated carbocycles. The van der Waals surface area contributed by atoms with Crippen molar-refractivity contribution in [3.63, 3.8) is 0 Å². The van der Waals surface area contributed by atoms with Gasteiger partial charge in [-0.05, 0) is 12.1 Å². The summed E-state index contributed by atoms with van der Waals surface area (Å²) in [7, 11) is 0. The molecule has 1 aliphatic heterocycles. The molecular formula is C10H8F2N2O2. The lowest BCUT2D eigenvalue weighted by Gasteiger charge is -2.16. The highest BCUT2D eigenvalue weighted by molar-refractivity contribution is 6.21. The molecule has 1 fully saturated rings. The van der Waals surface area contributed by atoms with E-state index in [1.807, 2.05) is 0 Å². The zero-order valence-corrected chi connectivity index (χ0v) is 8.17. The van der Waals surface area contributed by atoms with Crippen molar-refractivity contribution < 1.29 is 18.4 Å². The maximum atomic E-state index is 13.5. The van der Waals surface area contributed by atoms with Crippen molar-refractivity contribution in [1.29, 1.82) is 0 Å². The van der Waals surface area contributed by atoms with Gasteiger partial charge in [-0.15, -0.1) is 0 Å². The molecular weight excluding hydrogens is 218 g/mol. The summed E-state index contributed by atoms with van der Waals surface area (Å²) < 4.78 is 26.4. The largest absolute Gasteiger partial charge is 0.397 e. The van der Waals surface area contributed by atoms with E-state index < -0.39 is 29.1 Å². The third-order valence-electron chi connectivity index (χ3n) is 2.38. The number of hydrogen-bond donors (Lipinski definition) is 1. The molecule has 0 spiro atoms. The van der Waals surface area contributed by atoms with Gasteiger partial charge < -0.3 is 5.73 Å². The van der Waals surface area contributed by atoms with Crippen LogP contribution in [0.5, 0.6) is 0 Å². The second kappa shape index (κ2) is 3.55. The Morgan fingerprint density at radius 3 is 2.25 bits per heavy atom. The van der Waals surface area contributed by atoms with Gasteiger partial charge >= 0.3 is 0 Å². The lowest BCUT2D eigenvalue weighted by atomic mass is 10.2. The Bertz CT molecular complexity index is 472. The van der Waals surface area contributed by atoms with Crippen LogP contribution in [0.15, 0.2) is 12.1 Å². The molecule has 0 radical (unpaired) electrons. The monoisotopic (exact) mass is 226 g/mol. The lowest BCUT2D eigenvalue weighted by Crippen LogP contribution is -2.30. The zero-order valence-electron chi connectivity index (χ0n) is 8.17. The van der Waals surface area contributed by atoms with Crippen LogP contribution in [0.1, 0.15) is 12.8 Å². The number of amides is 2. The van der Waals surface area contributed by atoms with Gasteiger partial charge in [-0.2, -0.15) is 0 Å². The first kappa shape index (κ1) is 10.5. The van der Waals surface area contributed by atoms with Crippen LogP contribution in [0.25, 0.3) is 0 Å². The molecule has 4 nitrogen and oxygen atoms in total. The van der Waals surface area contributed by atoms with Crippen LogP contribution in [0, 0.1) is 11.6 Å². The molecule has 84 valence electrons. The number of benzene rings is 1. The number of carbonyl (C=O) groups is 2. The van der Waals surface area contributed by atoms with Crippen LogP contribution >= 0.6 is 0 Å². The quantitative estimate of drug-likeness (QED) is 0.578. The molecule has 1 aliphatic rings. The van der Waals surface area contributed by atoms with Gasteiger partial charge in [0.15, 0.2) is 11.6 Å². The molecule has 0 aromatic heterocycles. The van der Waals surface area contributed by atoms with Crippen LogP contribution in [0.2, 0.25) is 0 Å². The van der Waals surface area contributed by atoms with Crippen molar-refractivity contribution in [3.05, 3.63) is 23.8 Å². The van der Waals surface area contributed by atoms with E-state index in [0.29, 0.717) is 4.90 Å². The van der Waals surface area contributed by atoms with Crippen LogP contribution in [-0.4, -0.2) is 11.8 Å². The van der Waals surface area contributed by atoms with Crippen molar-refractivity contribution in [1.82, 2.24) is 0 Å². The van der Waals surface area contributed by atoms with E-state index in [0.717, 1.165) is 12.1 Å². The Kier molecular flexibility index (Phi) is 2.34. The smallest absolute Gasteiger partial charge is 0.234 e. The van der Waals surface area contributed by atoms with E-state index in [4.69, 9.17) is 5.73 Å². The van der Waals surface area contributed by atoms with Crippen molar-refractivity contribution in [2.45, 2.75) is 12.8 Å². The van der Waals surface area contributed by atoms with E-state index in [9.17, 15) is 18.4 Å². The fourth-order valence-corrected chi connectivity index (χ4v) is 1.61. The molecule has 1 aromatic rings. The minimum Gasteiger partial charge on any atom is -0.397 e. The number of halogens is 2. The summed E-state index contributed by atoms with van der Waals surface area (Å²) >= 11 is 0. The highest BCUT2D eigenvalue weighted by Gasteiger charge is 2.34. The summed E-state index contributed by atoms with van der Waals surface area (Å²) in [5, 5.41) is 0. The minimum absolute atomic E-state index is 0.00573. The number of imide groups is 1. The Morgan fingerprint density at radius 1 is 1.12 bits per heavy atom. The van der Waals surface area contributed by atoms with Gasteiger partial charge in [0, 0.05) is 12.8 Å². The van der Waals surface area contributed by atoms with Gasteiger partial charge in [-0.1, -0.05) is 0 Å². The summed E-state index contributed by atoms with van der Waals surface area (Å²) in [5.41, 5.74) is 4.83. The fourth-order valence-electron chi connectivity index (χ4n) is 1.61. The summed E-state index contributed by atoms with van der Waals surface area (Å²) in [6.07, 6.45) is -0.0115. The predicted octanol–water partition coefficient (Wildman–Crippen LogP) is 1.20. The van der Waals surface area contributed by atoms with Crippen LogP contribution in [0.4, 0.5) is 20.2 Å². The number of nitrogens with two attached hydrogens (primary N) is 1. The van der Waals surface area contributed by atoms with Gasteiger partial charge in [-0.3, -0.25) is 9.59 Å². The van der Waals surface area contributed by atoms with Crippen molar-refractivity contribution in [3.8, 4) is 0 Å². The number of anilines is 2. The first-order valence-corrected chi connectivity index (χ1v) is 4.61. The number of rotatable bonds is 1. The summed E-state index contributed by atoms with van der Waals surface area (Å²) in [6.45, 7) is 0. The number of nitrogens with zero attached hydrogens (tertiary/aromatic N) is 1.